The fourth-order valence-electron chi connectivity index (χ4n) is 1.98. The van der Waals surface area contributed by atoms with Crippen molar-refractivity contribution in [3.05, 3.63) is 60.2 Å². The number of nitrogens with zero attached hydrogens (tertiary/aromatic N) is 1. The van der Waals surface area contributed by atoms with E-state index in [1.54, 1.807) is 11.8 Å². The van der Waals surface area contributed by atoms with E-state index in [9.17, 15) is 0 Å². The second-order valence-corrected chi connectivity index (χ2v) is 6.03. The molecular formula is C17H20N2S. The first kappa shape index (κ1) is 14.7. The van der Waals surface area contributed by atoms with Gasteiger partial charge in [0.05, 0.1) is 0 Å². The second kappa shape index (κ2) is 6.64. The molecule has 0 spiro atoms. The van der Waals surface area contributed by atoms with Gasteiger partial charge in [0.2, 0.25) is 0 Å². The molecule has 0 aliphatic carbocycles. The summed E-state index contributed by atoms with van der Waals surface area (Å²) < 4.78 is 0. The molecule has 20 heavy (non-hydrogen) atoms. The van der Waals surface area contributed by atoms with E-state index in [1.807, 2.05) is 18.2 Å². The highest BCUT2D eigenvalue weighted by Gasteiger charge is 2.07. The molecule has 2 aromatic carbocycles. The molecule has 0 heterocycles. The van der Waals surface area contributed by atoms with E-state index >= 15 is 0 Å². The van der Waals surface area contributed by atoms with Crippen molar-refractivity contribution in [3.63, 3.8) is 0 Å². The monoisotopic (exact) mass is 283 g/mol. The fourth-order valence-corrected chi connectivity index (χ4v) is 2.94. The third-order valence-electron chi connectivity index (χ3n) is 2.95. The predicted octanol–water partition coefficient (Wildman–Crippen LogP) is 4.12. The molecule has 2 aromatic rings. The van der Waals surface area contributed by atoms with Crippen molar-refractivity contribution in [1.82, 2.24) is 4.90 Å². The first-order valence-electron chi connectivity index (χ1n) is 6.52. The molecular weight excluding hydrogens is 263 g/mol. The Kier molecular flexibility index (Phi) is 4.88. The average molecular weight is 283 g/mol. The SMILES string of the molecule is C=Cc1ccc(Sc2ccccc2CN(C)[11CH3])c(N)c1. The summed E-state index contributed by atoms with van der Waals surface area (Å²) in [5.41, 5.74) is 9.28. The van der Waals surface area contributed by atoms with Gasteiger partial charge in [-0.3, -0.25) is 0 Å². The predicted molar refractivity (Wildman–Crippen MR) is 88.9 cm³/mol. The molecule has 0 aliphatic heterocycles. The number of rotatable bonds is 5. The molecule has 3 heteroatoms. The Morgan fingerprint density at radius 3 is 2.55 bits per heavy atom. The summed E-state index contributed by atoms with van der Waals surface area (Å²) >= 11 is 1.72. The Labute approximate surface area is 125 Å². The first-order chi connectivity index (χ1) is 9.60. The topological polar surface area (TPSA) is 29.3 Å². The molecule has 0 radical (unpaired) electrons. The summed E-state index contributed by atoms with van der Waals surface area (Å²) in [5, 5.41) is 0. The van der Waals surface area contributed by atoms with Gasteiger partial charge >= 0.3 is 0 Å². The zero-order valence-electron chi connectivity index (χ0n) is 12.0. The molecule has 0 amide bonds. The van der Waals surface area contributed by atoms with Gasteiger partial charge < -0.3 is 10.6 Å². The Morgan fingerprint density at radius 2 is 1.90 bits per heavy atom. The lowest BCUT2D eigenvalue weighted by Gasteiger charge is -2.14. The summed E-state index contributed by atoms with van der Waals surface area (Å²) in [5.74, 6) is 0. The molecule has 2 nitrogen and oxygen atoms in total. The van der Waals surface area contributed by atoms with Gasteiger partial charge in [0.25, 0.3) is 0 Å². The lowest BCUT2D eigenvalue weighted by atomic mass is 10.2. The van der Waals surface area contributed by atoms with Crippen LogP contribution in [0.15, 0.2) is 58.8 Å². The molecule has 0 unspecified atom stereocenters. The van der Waals surface area contributed by atoms with E-state index in [0.717, 1.165) is 22.7 Å². The molecule has 0 saturated carbocycles. The Hall–Kier alpha value is -1.71. The number of anilines is 1. The highest BCUT2D eigenvalue weighted by molar-refractivity contribution is 7.99. The summed E-state index contributed by atoms with van der Waals surface area (Å²) in [7, 11) is 4.16. The summed E-state index contributed by atoms with van der Waals surface area (Å²) in [6.45, 7) is 4.69. The van der Waals surface area contributed by atoms with Crippen molar-refractivity contribution >= 4 is 23.5 Å². The van der Waals surface area contributed by atoms with Crippen LogP contribution in [0.1, 0.15) is 11.1 Å². The largest absolute Gasteiger partial charge is 0.398 e. The maximum atomic E-state index is 6.12. The summed E-state index contributed by atoms with van der Waals surface area (Å²) in [6.07, 6.45) is 1.81. The van der Waals surface area contributed by atoms with Gasteiger partial charge in [0.1, 0.15) is 0 Å². The van der Waals surface area contributed by atoms with Gasteiger partial charge in [-0.1, -0.05) is 48.7 Å². The molecule has 0 aromatic heterocycles. The van der Waals surface area contributed by atoms with Gasteiger partial charge in [-0.05, 0) is 43.4 Å². The van der Waals surface area contributed by atoms with Crippen molar-refractivity contribution < 1.29 is 0 Å². The number of nitrogen functional groups attached to an aromatic ring is 1. The Bertz CT molecular complexity index is 606. The molecule has 0 atom stereocenters. The molecule has 0 saturated heterocycles. The van der Waals surface area contributed by atoms with Crippen LogP contribution in [0.5, 0.6) is 0 Å². The molecule has 2 rings (SSSR count). The maximum Gasteiger partial charge on any atom is 0.0461 e. The lowest BCUT2D eigenvalue weighted by molar-refractivity contribution is 0.399. The first-order valence-corrected chi connectivity index (χ1v) is 7.34. The average Bonchev–Trinajstić information content (AvgIpc) is 2.42. The minimum absolute atomic E-state index is 0.798. The van der Waals surface area contributed by atoms with E-state index in [1.165, 1.54) is 10.5 Å². The zero-order chi connectivity index (χ0) is 14.5. The van der Waals surface area contributed by atoms with Crippen LogP contribution in [0.4, 0.5) is 5.69 Å². The van der Waals surface area contributed by atoms with Crippen LogP contribution in [0, 0.1) is 0 Å². The van der Waals surface area contributed by atoms with E-state index in [0.29, 0.717) is 0 Å². The van der Waals surface area contributed by atoms with Gasteiger partial charge in [-0.15, -0.1) is 0 Å². The normalized spacial score (nSPS) is 10.8. The third-order valence-corrected chi connectivity index (χ3v) is 4.16. The Morgan fingerprint density at radius 1 is 1.15 bits per heavy atom. The lowest BCUT2D eigenvalue weighted by Crippen LogP contribution is -2.11. The van der Waals surface area contributed by atoms with Gasteiger partial charge in [-0.25, -0.2) is 0 Å². The highest BCUT2D eigenvalue weighted by atomic mass is 32.2. The van der Waals surface area contributed by atoms with Crippen LogP contribution in [0.3, 0.4) is 0 Å². The van der Waals surface area contributed by atoms with Gasteiger partial charge in [0, 0.05) is 22.0 Å². The van der Waals surface area contributed by atoms with Crippen LogP contribution in [-0.4, -0.2) is 19.0 Å². The molecule has 0 bridgehead atoms. The number of benzene rings is 2. The highest BCUT2D eigenvalue weighted by Crippen LogP contribution is 2.35. The molecule has 104 valence electrons. The second-order valence-electron chi connectivity index (χ2n) is 4.95. The smallest absolute Gasteiger partial charge is 0.0461 e. The zero-order valence-corrected chi connectivity index (χ0v) is 12.8. The van der Waals surface area contributed by atoms with Crippen molar-refractivity contribution in [2.24, 2.45) is 0 Å². The van der Waals surface area contributed by atoms with Gasteiger partial charge in [0.15, 0.2) is 0 Å². The molecule has 0 fully saturated rings. The Balaban J connectivity index is 2.28. The van der Waals surface area contributed by atoms with Crippen LogP contribution in [0.25, 0.3) is 6.08 Å². The summed E-state index contributed by atoms with van der Waals surface area (Å²) in [6, 6.07) is 14.5. The van der Waals surface area contributed by atoms with Crippen molar-refractivity contribution in [1.29, 1.82) is 0 Å². The third kappa shape index (κ3) is 3.65. The van der Waals surface area contributed by atoms with Crippen molar-refractivity contribution in [2.75, 3.05) is 19.8 Å². The number of nitrogens with two attached hydrogens (primary N) is 1. The maximum absolute atomic E-state index is 6.12. The van der Waals surface area contributed by atoms with Crippen molar-refractivity contribution in [3.8, 4) is 0 Å². The van der Waals surface area contributed by atoms with Crippen LogP contribution >= 0.6 is 11.8 Å². The number of hydrogen-bond acceptors (Lipinski definition) is 3. The number of hydrogen-bond donors (Lipinski definition) is 1. The van der Waals surface area contributed by atoms with E-state index < -0.39 is 0 Å². The van der Waals surface area contributed by atoms with Crippen molar-refractivity contribution in [2.45, 2.75) is 16.3 Å². The summed E-state index contributed by atoms with van der Waals surface area (Å²) in [4.78, 5) is 4.50. The molecule has 0 aliphatic rings. The minimum atomic E-state index is 0.798. The van der Waals surface area contributed by atoms with E-state index in [4.69, 9.17) is 5.73 Å². The van der Waals surface area contributed by atoms with Crippen LogP contribution in [0.2, 0.25) is 0 Å². The van der Waals surface area contributed by atoms with E-state index in [-0.39, 0.29) is 0 Å². The fraction of sp³-hybridized carbons (Fsp3) is 0.176. The van der Waals surface area contributed by atoms with E-state index in [2.05, 4.69) is 55.9 Å². The molecule has 2 N–H and O–H groups in total. The van der Waals surface area contributed by atoms with Crippen LogP contribution < -0.4 is 5.73 Å². The van der Waals surface area contributed by atoms with Crippen LogP contribution in [-0.2, 0) is 6.54 Å². The standard InChI is InChI=1S/C17H20N2S/c1-4-13-9-10-17(15(18)11-13)20-16-8-6-5-7-14(16)12-19(2)3/h4-11H,1,12,18H2,2-3H3/i2-1. The minimum Gasteiger partial charge on any atom is -0.398 e. The quantitative estimate of drug-likeness (QED) is 0.837. The van der Waals surface area contributed by atoms with Gasteiger partial charge in [-0.2, -0.15) is 0 Å².